The number of H-pyrrole nitrogens is 1. The normalized spacial score (nSPS) is 10.9. The molecule has 0 saturated carbocycles. The highest BCUT2D eigenvalue weighted by Crippen LogP contribution is 2.18. The Morgan fingerprint density at radius 3 is 3.08 bits per heavy atom. The molecule has 2 N–H and O–H groups in total. The van der Waals surface area contributed by atoms with Crippen LogP contribution in [0.4, 0.5) is 4.39 Å². The summed E-state index contributed by atoms with van der Waals surface area (Å²) in [6, 6.07) is 4.96. The molecule has 0 atom stereocenters. The van der Waals surface area contributed by atoms with Crippen molar-refractivity contribution in [3.8, 4) is 0 Å². The van der Waals surface area contributed by atoms with Crippen LogP contribution in [0.2, 0.25) is 0 Å². The predicted molar refractivity (Wildman–Crippen MR) is 51.0 cm³/mol. The number of aromatic nitrogens is 1. The Labute approximate surface area is 75.8 Å². The summed E-state index contributed by atoms with van der Waals surface area (Å²) in [4.78, 5) is 3.09. The average molecular weight is 178 g/mol. The Morgan fingerprint density at radius 1 is 1.46 bits per heavy atom. The number of fused-ring (bicyclic) bond motifs is 1. The number of nitrogens with one attached hydrogen (secondary N) is 2. The van der Waals surface area contributed by atoms with E-state index in [0.29, 0.717) is 6.54 Å². The van der Waals surface area contributed by atoms with Crippen molar-refractivity contribution >= 4 is 10.9 Å². The zero-order valence-corrected chi connectivity index (χ0v) is 7.39. The quantitative estimate of drug-likeness (QED) is 0.723. The monoisotopic (exact) mass is 178 g/mol. The molecule has 3 heteroatoms. The van der Waals surface area contributed by atoms with Gasteiger partial charge >= 0.3 is 0 Å². The third-order valence-electron chi connectivity index (χ3n) is 2.07. The fraction of sp³-hybridized carbons (Fsp3) is 0.200. The topological polar surface area (TPSA) is 27.8 Å². The van der Waals surface area contributed by atoms with Crippen molar-refractivity contribution in [1.29, 1.82) is 0 Å². The third-order valence-corrected chi connectivity index (χ3v) is 2.07. The highest BCUT2D eigenvalue weighted by Gasteiger charge is 2.03. The van der Waals surface area contributed by atoms with Gasteiger partial charge in [0.25, 0.3) is 0 Å². The van der Waals surface area contributed by atoms with E-state index in [1.807, 2.05) is 19.3 Å². The highest BCUT2D eigenvalue weighted by atomic mass is 19.1. The van der Waals surface area contributed by atoms with Crippen LogP contribution in [0, 0.1) is 5.82 Å². The zero-order chi connectivity index (χ0) is 9.26. The average Bonchev–Trinajstić information content (AvgIpc) is 2.52. The number of benzene rings is 1. The van der Waals surface area contributed by atoms with Gasteiger partial charge in [0.1, 0.15) is 5.82 Å². The number of rotatable bonds is 2. The predicted octanol–water partition coefficient (Wildman–Crippen LogP) is 2.03. The molecule has 0 fully saturated rings. The number of hydrogen-bond acceptors (Lipinski definition) is 1. The first-order valence-electron chi connectivity index (χ1n) is 4.21. The van der Waals surface area contributed by atoms with Crippen LogP contribution >= 0.6 is 0 Å². The molecule has 1 aromatic carbocycles. The number of hydrogen-bond donors (Lipinski definition) is 2. The standard InChI is InChI=1S/C10H11FN2/c1-12-6-8-5-9(11)4-7-2-3-13-10(7)8/h2-5,12-13H,6H2,1H3. The minimum Gasteiger partial charge on any atom is -0.361 e. The minimum atomic E-state index is -0.183. The fourth-order valence-corrected chi connectivity index (χ4v) is 1.54. The van der Waals surface area contributed by atoms with Crippen LogP contribution in [0.15, 0.2) is 24.4 Å². The lowest BCUT2D eigenvalue weighted by Crippen LogP contribution is -2.05. The molecule has 0 aliphatic rings. The second-order valence-electron chi connectivity index (χ2n) is 3.04. The van der Waals surface area contributed by atoms with E-state index in [1.54, 1.807) is 6.07 Å². The van der Waals surface area contributed by atoms with Crippen molar-refractivity contribution in [2.24, 2.45) is 0 Å². The lowest BCUT2D eigenvalue weighted by atomic mass is 10.1. The van der Waals surface area contributed by atoms with E-state index in [4.69, 9.17) is 0 Å². The molecular weight excluding hydrogens is 167 g/mol. The summed E-state index contributed by atoms with van der Waals surface area (Å²) in [6.07, 6.45) is 1.82. The van der Waals surface area contributed by atoms with Gasteiger partial charge in [0.05, 0.1) is 5.52 Å². The summed E-state index contributed by atoms with van der Waals surface area (Å²) >= 11 is 0. The van der Waals surface area contributed by atoms with Crippen molar-refractivity contribution < 1.29 is 4.39 Å². The van der Waals surface area contributed by atoms with Gasteiger partial charge in [-0.25, -0.2) is 4.39 Å². The molecule has 0 aliphatic heterocycles. The van der Waals surface area contributed by atoms with E-state index in [0.717, 1.165) is 16.5 Å². The van der Waals surface area contributed by atoms with Gasteiger partial charge in [0.2, 0.25) is 0 Å². The molecule has 0 bridgehead atoms. The van der Waals surface area contributed by atoms with E-state index >= 15 is 0 Å². The molecule has 0 amide bonds. The summed E-state index contributed by atoms with van der Waals surface area (Å²) in [6.45, 7) is 0.675. The first-order valence-corrected chi connectivity index (χ1v) is 4.21. The van der Waals surface area contributed by atoms with Gasteiger partial charge in [-0.05, 0) is 30.8 Å². The number of halogens is 1. The Bertz CT molecular complexity index is 420. The summed E-state index contributed by atoms with van der Waals surface area (Å²) in [5, 5.41) is 3.93. The maximum Gasteiger partial charge on any atom is 0.124 e. The lowest BCUT2D eigenvalue weighted by Gasteiger charge is -2.02. The van der Waals surface area contributed by atoms with Crippen LogP contribution in [0.25, 0.3) is 10.9 Å². The van der Waals surface area contributed by atoms with Gasteiger partial charge < -0.3 is 10.3 Å². The van der Waals surface area contributed by atoms with Gasteiger partial charge in [-0.2, -0.15) is 0 Å². The van der Waals surface area contributed by atoms with Gasteiger partial charge in [-0.15, -0.1) is 0 Å². The molecule has 2 aromatic rings. The van der Waals surface area contributed by atoms with E-state index < -0.39 is 0 Å². The fourth-order valence-electron chi connectivity index (χ4n) is 1.54. The summed E-state index contributed by atoms with van der Waals surface area (Å²) in [7, 11) is 1.85. The Balaban J connectivity index is 2.63. The van der Waals surface area contributed by atoms with E-state index in [2.05, 4.69) is 10.3 Å². The molecule has 68 valence electrons. The molecule has 2 nitrogen and oxygen atoms in total. The van der Waals surface area contributed by atoms with Crippen molar-refractivity contribution in [3.05, 3.63) is 35.8 Å². The first-order chi connectivity index (χ1) is 6.31. The molecule has 1 heterocycles. The summed E-state index contributed by atoms with van der Waals surface area (Å²) < 4.78 is 13.1. The van der Waals surface area contributed by atoms with Gasteiger partial charge in [-0.3, -0.25) is 0 Å². The highest BCUT2D eigenvalue weighted by molar-refractivity contribution is 5.82. The molecule has 13 heavy (non-hydrogen) atoms. The number of aromatic amines is 1. The Hall–Kier alpha value is -1.35. The van der Waals surface area contributed by atoms with Crippen LogP contribution in [-0.2, 0) is 6.54 Å². The second kappa shape index (κ2) is 3.18. The molecular formula is C10H11FN2. The lowest BCUT2D eigenvalue weighted by molar-refractivity contribution is 0.626. The van der Waals surface area contributed by atoms with E-state index in [1.165, 1.54) is 6.07 Å². The zero-order valence-electron chi connectivity index (χ0n) is 7.39. The second-order valence-corrected chi connectivity index (χ2v) is 3.04. The SMILES string of the molecule is CNCc1cc(F)cc2cc[nH]c12. The third kappa shape index (κ3) is 1.42. The van der Waals surface area contributed by atoms with E-state index in [9.17, 15) is 4.39 Å². The van der Waals surface area contributed by atoms with Gasteiger partial charge in [-0.1, -0.05) is 0 Å². The molecule has 2 rings (SSSR count). The van der Waals surface area contributed by atoms with E-state index in [-0.39, 0.29) is 5.82 Å². The smallest absolute Gasteiger partial charge is 0.124 e. The van der Waals surface area contributed by atoms with Gasteiger partial charge in [0.15, 0.2) is 0 Å². The van der Waals surface area contributed by atoms with Crippen molar-refractivity contribution in [2.45, 2.75) is 6.54 Å². The van der Waals surface area contributed by atoms with Gasteiger partial charge in [0, 0.05) is 18.1 Å². The molecule has 0 unspecified atom stereocenters. The minimum absolute atomic E-state index is 0.183. The summed E-state index contributed by atoms with van der Waals surface area (Å²) in [5.41, 5.74) is 1.97. The maximum atomic E-state index is 13.1. The van der Waals surface area contributed by atoms with Crippen molar-refractivity contribution in [2.75, 3.05) is 7.05 Å². The Morgan fingerprint density at radius 2 is 2.31 bits per heavy atom. The summed E-state index contributed by atoms with van der Waals surface area (Å²) in [5.74, 6) is -0.183. The van der Waals surface area contributed by atoms with Crippen LogP contribution in [0.3, 0.4) is 0 Å². The molecule has 0 saturated heterocycles. The Kier molecular flexibility index (Phi) is 2.02. The van der Waals surface area contributed by atoms with Crippen LogP contribution < -0.4 is 5.32 Å². The molecule has 0 aliphatic carbocycles. The van der Waals surface area contributed by atoms with Crippen LogP contribution in [0.1, 0.15) is 5.56 Å². The molecule has 1 aromatic heterocycles. The first kappa shape index (κ1) is 8.26. The molecule has 0 radical (unpaired) electrons. The van der Waals surface area contributed by atoms with Crippen molar-refractivity contribution in [1.82, 2.24) is 10.3 Å². The maximum absolute atomic E-state index is 13.1. The van der Waals surface area contributed by atoms with Crippen molar-refractivity contribution in [3.63, 3.8) is 0 Å². The molecule has 0 spiro atoms. The van der Waals surface area contributed by atoms with Crippen LogP contribution in [0.5, 0.6) is 0 Å². The van der Waals surface area contributed by atoms with Crippen LogP contribution in [-0.4, -0.2) is 12.0 Å². The largest absolute Gasteiger partial charge is 0.361 e.